The van der Waals surface area contributed by atoms with Crippen molar-refractivity contribution in [2.75, 3.05) is 14.2 Å². The first kappa shape index (κ1) is 13.9. The van der Waals surface area contributed by atoms with Gasteiger partial charge in [0.2, 0.25) is 0 Å². The van der Waals surface area contributed by atoms with Gasteiger partial charge < -0.3 is 14.8 Å². The molecule has 110 valence electrons. The Morgan fingerprint density at radius 1 is 1.15 bits per heavy atom. The van der Waals surface area contributed by atoms with E-state index in [0.717, 1.165) is 5.75 Å². The Balaban J connectivity index is 1.51. The molecule has 3 nitrogen and oxygen atoms in total. The summed E-state index contributed by atoms with van der Waals surface area (Å²) in [6, 6.07) is 9.72. The van der Waals surface area contributed by atoms with Gasteiger partial charge in [-0.15, -0.1) is 0 Å². The fraction of sp³-hybridized carbons (Fsp3) is 0.647. The summed E-state index contributed by atoms with van der Waals surface area (Å²) in [5.41, 5.74) is 1.41. The van der Waals surface area contributed by atoms with Crippen molar-refractivity contribution in [3.8, 4) is 5.75 Å². The number of methoxy groups -OCH3 is 2. The molecule has 0 amide bonds. The molecule has 1 aromatic rings. The molecule has 20 heavy (non-hydrogen) atoms. The Morgan fingerprint density at radius 2 is 2.00 bits per heavy atom. The molecule has 2 aliphatic rings. The number of nitrogens with one attached hydrogen (secondary N) is 1. The van der Waals surface area contributed by atoms with Crippen LogP contribution in [-0.2, 0) is 4.74 Å². The lowest BCUT2D eigenvalue weighted by molar-refractivity contribution is 0.0747. The standard InChI is InChI=1S/C17H25NO2/c1-19-15-6-3-5-12(11-15)13-9-14(10-13)18-16-7-4-8-17(16)20-2/h3,5-6,11,13-14,16-18H,4,7-10H2,1-2H3. The molecule has 2 fully saturated rings. The predicted molar refractivity (Wildman–Crippen MR) is 80.3 cm³/mol. The molecule has 0 heterocycles. The van der Waals surface area contributed by atoms with Crippen LogP contribution in [-0.4, -0.2) is 32.4 Å². The van der Waals surface area contributed by atoms with E-state index >= 15 is 0 Å². The maximum atomic E-state index is 5.56. The Labute approximate surface area is 121 Å². The van der Waals surface area contributed by atoms with Crippen molar-refractivity contribution in [1.29, 1.82) is 0 Å². The highest BCUT2D eigenvalue weighted by molar-refractivity contribution is 5.32. The molecule has 3 heteroatoms. The number of hydrogen-bond acceptors (Lipinski definition) is 3. The molecule has 1 aromatic carbocycles. The summed E-state index contributed by atoms with van der Waals surface area (Å²) < 4.78 is 10.9. The Kier molecular flexibility index (Phi) is 4.27. The summed E-state index contributed by atoms with van der Waals surface area (Å²) in [6.07, 6.45) is 6.66. The number of hydrogen-bond donors (Lipinski definition) is 1. The zero-order valence-corrected chi connectivity index (χ0v) is 12.5. The van der Waals surface area contributed by atoms with Gasteiger partial charge in [0.05, 0.1) is 13.2 Å². The molecule has 0 bridgehead atoms. The van der Waals surface area contributed by atoms with Gasteiger partial charge >= 0.3 is 0 Å². The second kappa shape index (κ2) is 6.15. The molecule has 2 atom stereocenters. The normalized spacial score (nSPS) is 32.9. The van der Waals surface area contributed by atoms with Crippen molar-refractivity contribution in [1.82, 2.24) is 5.32 Å². The second-order valence-electron chi connectivity index (χ2n) is 6.12. The van der Waals surface area contributed by atoms with Crippen LogP contribution in [0, 0.1) is 0 Å². The number of ether oxygens (including phenoxy) is 2. The average Bonchev–Trinajstić information content (AvgIpc) is 2.89. The van der Waals surface area contributed by atoms with Crippen molar-refractivity contribution in [2.45, 2.75) is 56.2 Å². The first-order valence-corrected chi connectivity index (χ1v) is 7.73. The van der Waals surface area contributed by atoms with E-state index in [0.29, 0.717) is 24.1 Å². The molecule has 0 saturated heterocycles. The highest BCUT2D eigenvalue weighted by atomic mass is 16.5. The highest BCUT2D eigenvalue weighted by Gasteiger charge is 2.35. The lowest BCUT2D eigenvalue weighted by atomic mass is 9.75. The van der Waals surface area contributed by atoms with Crippen molar-refractivity contribution in [2.24, 2.45) is 0 Å². The van der Waals surface area contributed by atoms with E-state index in [1.54, 1.807) is 7.11 Å². The van der Waals surface area contributed by atoms with E-state index in [1.807, 2.05) is 13.2 Å². The number of benzene rings is 1. The van der Waals surface area contributed by atoms with Crippen LogP contribution < -0.4 is 10.1 Å². The van der Waals surface area contributed by atoms with E-state index in [9.17, 15) is 0 Å². The van der Waals surface area contributed by atoms with Crippen LogP contribution in [0.4, 0.5) is 0 Å². The Morgan fingerprint density at radius 3 is 2.75 bits per heavy atom. The summed E-state index contributed by atoms with van der Waals surface area (Å²) >= 11 is 0. The van der Waals surface area contributed by atoms with Crippen molar-refractivity contribution in [3.63, 3.8) is 0 Å². The molecule has 0 aromatic heterocycles. The molecule has 0 aliphatic heterocycles. The van der Waals surface area contributed by atoms with Crippen LogP contribution in [0.5, 0.6) is 5.75 Å². The van der Waals surface area contributed by atoms with Gasteiger partial charge in [0.15, 0.2) is 0 Å². The summed E-state index contributed by atoms with van der Waals surface area (Å²) in [5, 5.41) is 3.79. The minimum atomic E-state index is 0.422. The average molecular weight is 275 g/mol. The second-order valence-corrected chi connectivity index (χ2v) is 6.12. The van der Waals surface area contributed by atoms with Gasteiger partial charge in [-0.3, -0.25) is 0 Å². The quantitative estimate of drug-likeness (QED) is 0.895. The third-order valence-electron chi connectivity index (χ3n) is 4.91. The SMILES string of the molecule is COc1cccc(C2CC(NC3CCCC3OC)C2)c1. The maximum absolute atomic E-state index is 5.56. The third-order valence-corrected chi connectivity index (χ3v) is 4.91. The van der Waals surface area contributed by atoms with Crippen molar-refractivity contribution in [3.05, 3.63) is 29.8 Å². The van der Waals surface area contributed by atoms with Crippen LogP contribution in [0.15, 0.2) is 24.3 Å². The van der Waals surface area contributed by atoms with E-state index in [1.165, 1.54) is 37.7 Å². The monoisotopic (exact) mass is 275 g/mol. The minimum Gasteiger partial charge on any atom is -0.497 e. The fourth-order valence-electron chi connectivity index (χ4n) is 3.62. The largest absolute Gasteiger partial charge is 0.497 e. The molecule has 2 saturated carbocycles. The van der Waals surface area contributed by atoms with Gasteiger partial charge in [-0.2, -0.15) is 0 Å². The van der Waals surface area contributed by atoms with Crippen molar-refractivity contribution < 1.29 is 9.47 Å². The van der Waals surface area contributed by atoms with E-state index in [4.69, 9.17) is 9.47 Å². The minimum absolute atomic E-state index is 0.422. The highest BCUT2D eigenvalue weighted by Crippen LogP contribution is 2.39. The molecule has 1 N–H and O–H groups in total. The maximum Gasteiger partial charge on any atom is 0.119 e. The molecule has 2 unspecified atom stereocenters. The molecular formula is C17H25NO2. The van der Waals surface area contributed by atoms with Gasteiger partial charge in [-0.1, -0.05) is 12.1 Å². The van der Waals surface area contributed by atoms with E-state index in [2.05, 4.69) is 23.5 Å². The Hall–Kier alpha value is -1.06. The van der Waals surface area contributed by atoms with Crippen molar-refractivity contribution >= 4 is 0 Å². The number of rotatable bonds is 5. The molecule has 2 aliphatic carbocycles. The zero-order valence-electron chi connectivity index (χ0n) is 12.5. The summed E-state index contributed by atoms with van der Waals surface area (Å²) in [5.74, 6) is 1.65. The topological polar surface area (TPSA) is 30.5 Å². The van der Waals surface area contributed by atoms with Gasteiger partial charge in [0.1, 0.15) is 5.75 Å². The fourth-order valence-corrected chi connectivity index (χ4v) is 3.62. The third kappa shape index (κ3) is 2.84. The van der Waals surface area contributed by atoms with E-state index in [-0.39, 0.29) is 0 Å². The van der Waals surface area contributed by atoms with Gasteiger partial charge in [0, 0.05) is 19.2 Å². The molecule has 3 rings (SSSR count). The van der Waals surface area contributed by atoms with Crippen LogP contribution in [0.1, 0.15) is 43.6 Å². The first-order valence-electron chi connectivity index (χ1n) is 7.73. The first-order chi connectivity index (χ1) is 9.80. The Bertz CT molecular complexity index is 442. The molecule has 0 spiro atoms. The van der Waals surface area contributed by atoms with E-state index < -0.39 is 0 Å². The molecular weight excluding hydrogens is 250 g/mol. The predicted octanol–water partition coefficient (Wildman–Crippen LogP) is 3.10. The van der Waals surface area contributed by atoms with Gasteiger partial charge in [0.25, 0.3) is 0 Å². The van der Waals surface area contributed by atoms with Gasteiger partial charge in [-0.25, -0.2) is 0 Å². The van der Waals surface area contributed by atoms with Crippen LogP contribution in [0.25, 0.3) is 0 Å². The summed E-state index contributed by atoms with van der Waals surface area (Å²) in [7, 11) is 3.57. The lowest BCUT2D eigenvalue weighted by Crippen LogP contribution is -2.48. The van der Waals surface area contributed by atoms with Gasteiger partial charge in [-0.05, 0) is 55.7 Å². The smallest absolute Gasteiger partial charge is 0.119 e. The van der Waals surface area contributed by atoms with Crippen LogP contribution >= 0.6 is 0 Å². The summed E-state index contributed by atoms with van der Waals surface area (Å²) in [4.78, 5) is 0. The van der Waals surface area contributed by atoms with Crippen LogP contribution in [0.3, 0.4) is 0 Å². The zero-order chi connectivity index (χ0) is 13.9. The van der Waals surface area contributed by atoms with Crippen LogP contribution in [0.2, 0.25) is 0 Å². The molecule has 0 radical (unpaired) electrons. The summed E-state index contributed by atoms with van der Waals surface area (Å²) in [6.45, 7) is 0. The lowest BCUT2D eigenvalue weighted by Gasteiger charge is -2.39.